The van der Waals surface area contributed by atoms with Crippen LogP contribution in [0.15, 0.2) is 24.5 Å². The van der Waals surface area contributed by atoms with Crippen molar-refractivity contribution in [2.24, 2.45) is 0 Å². The second-order valence-corrected chi connectivity index (χ2v) is 3.55. The van der Waals surface area contributed by atoms with Gasteiger partial charge in [-0.15, -0.1) is 5.10 Å². The summed E-state index contributed by atoms with van der Waals surface area (Å²) in [6.07, 6.45) is -1.62. The molecule has 0 unspecified atom stereocenters. The second kappa shape index (κ2) is 4.86. The summed E-state index contributed by atoms with van der Waals surface area (Å²) in [5, 5.41) is 12.8. The molecular formula is C10H9F2N5O. The summed E-state index contributed by atoms with van der Waals surface area (Å²) in [5.74, 6) is -1.33. The molecule has 8 heteroatoms. The van der Waals surface area contributed by atoms with Crippen LogP contribution in [-0.2, 0) is 4.79 Å². The third kappa shape index (κ3) is 2.47. The number of nitrogens with zero attached hydrogens (tertiary/aromatic N) is 4. The minimum absolute atomic E-state index is 0.301. The largest absolute Gasteiger partial charge is 0.321 e. The Balaban J connectivity index is 2.23. The van der Waals surface area contributed by atoms with Gasteiger partial charge in [-0.2, -0.15) is 8.78 Å². The maximum Gasteiger partial charge on any atom is 0.315 e. The number of aromatic nitrogens is 4. The van der Waals surface area contributed by atoms with Crippen LogP contribution in [0.5, 0.6) is 0 Å². The van der Waals surface area contributed by atoms with Crippen molar-refractivity contribution in [3.8, 4) is 5.69 Å². The fourth-order valence-electron chi connectivity index (χ4n) is 1.46. The smallest absolute Gasteiger partial charge is 0.315 e. The van der Waals surface area contributed by atoms with Crippen molar-refractivity contribution in [3.63, 3.8) is 0 Å². The fraction of sp³-hybridized carbons (Fsp3) is 0.200. The highest BCUT2D eigenvalue weighted by molar-refractivity contribution is 5.93. The number of rotatable bonds is 3. The predicted octanol–water partition coefficient (Wildman–Crippen LogP) is 1.17. The summed E-state index contributed by atoms with van der Waals surface area (Å²) in [7, 11) is 0. The van der Waals surface area contributed by atoms with E-state index < -0.39 is 12.3 Å². The van der Waals surface area contributed by atoms with Gasteiger partial charge in [-0.25, -0.2) is 4.68 Å². The van der Waals surface area contributed by atoms with Crippen LogP contribution in [0.4, 0.5) is 14.5 Å². The number of carbonyl (C=O) groups is 1. The first-order chi connectivity index (χ1) is 8.58. The first kappa shape index (κ1) is 12.1. The molecule has 0 saturated carbocycles. The molecule has 0 fully saturated rings. The molecule has 2 aromatic rings. The highest BCUT2D eigenvalue weighted by atomic mass is 19.3. The third-order valence-corrected chi connectivity index (χ3v) is 2.26. The predicted molar refractivity (Wildman–Crippen MR) is 58.5 cm³/mol. The summed E-state index contributed by atoms with van der Waals surface area (Å²) in [6.45, 7) is 1.76. The van der Waals surface area contributed by atoms with Crippen molar-refractivity contribution in [2.75, 3.05) is 5.32 Å². The van der Waals surface area contributed by atoms with Crippen LogP contribution in [0.3, 0.4) is 0 Å². The van der Waals surface area contributed by atoms with Gasteiger partial charge in [-0.3, -0.25) is 4.79 Å². The summed E-state index contributed by atoms with van der Waals surface area (Å²) in [6, 6.07) is 4.70. The maximum atomic E-state index is 12.1. The van der Waals surface area contributed by atoms with E-state index in [0.29, 0.717) is 11.4 Å². The van der Waals surface area contributed by atoms with Crippen LogP contribution in [0.1, 0.15) is 5.56 Å². The van der Waals surface area contributed by atoms with Crippen molar-refractivity contribution < 1.29 is 13.6 Å². The summed E-state index contributed by atoms with van der Waals surface area (Å²) in [5.41, 5.74) is 1.75. The first-order valence-electron chi connectivity index (χ1n) is 5.01. The molecule has 0 aliphatic carbocycles. The third-order valence-electron chi connectivity index (χ3n) is 2.26. The van der Waals surface area contributed by atoms with E-state index in [1.165, 1.54) is 17.1 Å². The Bertz CT molecular complexity index is 555. The standard InChI is InChI=1S/C10H9F2N5O/c1-6-4-7(14-10(18)9(11)12)2-3-8(6)17-5-13-15-16-17/h2-5,9H,1H3,(H,14,18). The molecule has 1 aromatic carbocycles. The lowest BCUT2D eigenvalue weighted by molar-refractivity contribution is -0.126. The van der Waals surface area contributed by atoms with Gasteiger partial charge in [-0.05, 0) is 41.1 Å². The number of tetrazole rings is 1. The molecule has 0 aliphatic heterocycles. The Kier molecular flexibility index (Phi) is 3.26. The van der Waals surface area contributed by atoms with Gasteiger partial charge in [0.25, 0.3) is 5.91 Å². The molecule has 1 heterocycles. The number of benzene rings is 1. The van der Waals surface area contributed by atoms with Crippen molar-refractivity contribution >= 4 is 11.6 Å². The van der Waals surface area contributed by atoms with Gasteiger partial charge in [0.05, 0.1) is 5.69 Å². The number of carbonyl (C=O) groups excluding carboxylic acids is 1. The molecule has 6 nitrogen and oxygen atoms in total. The van der Waals surface area contributed by atoms with E-state index in [9.17, 15) is 13.6 Å². The first-order valence-corrected chi connectivity index (χ1v) is 5.01. The van der Waals surface area contributed by atoms with Gasteiger partial charge in [0.15, 0.2) is 0 Å². The lowest BCUT2D eigenvalue weighted by Gasteiger charge is -2.08. The van der Waals surface area contributed by atoms with E-state index in [1.54, 1.807) is 19.1 Å². The Morgan fingerprint density at radius 1 is 1.44 bits per heavy atom. The number of aryl methyl sites for hydroxylation is 1. The van der Waals surface area contributed by atoms with Gasteiger partial charge in [0, 0.05) is 5.69 Å². The van der Waals surface area contributed by atoms with Crippen LogP contribution < -0.4 is 5.32 Å². The van der Waals surface area contributed by atoms with E-state index in [2.05, 4.69) is 20.8 Å². The highest BCUT2D eigenvalue weighted by Crippen LogP contribution is 2.18. The summed E-state index contributed by atoms with van der Waals surface area (Å²) < 4.78 is 25.6. The number of amides is 1. The zero-order valence-electron chi connectivity index (χ0n) is 9.34. The molecule has 0 aliphatic rings. The Labute approximate surface area is 101 Å². The topological polar surface area (TPSA) is 72.7 Å². The average Bonchev–Trinajstić information content (AvgIpc) is 2.82. The summed E-state index contributed by atoms with van der Waals surface area (Å²) in [4.78, 5) is 10.8. The van der Waals surface area contributed by atoms with Gasteiger partial charge >= 0.3 is 6.43 Å². The Morgan fingerprint density at radius 3 is 2.78 bits per heavy atom. The van der Waals surface area contributed by atoms with Crippen LogP contribution in [0, 0.1) is 6.92 Å². The number of halogens is 2. The minimum atomic E-state index is -3.04. The SMILES string of the molecule is Cc1cc(NC(=O)C(F)F)ccc1-n1cnnn1. The van der Waals surface area contributed by atoms with Gasteiger partial charge in [0.1, 0.15) is 6.33 Å². The molecule has 0 spiro atoms. The van der Waals surface area contributed by atoms with Crippen LogP contribution in [0.2, 0.25) is 0 Å². The molecule has 1 amide bonds. The van der Waals surface area contributed by atoms with Crippen molar-refractivity contribution in [1.82, 2.24) is 20.2 Å². The monoisotopic (exact) mass is 253 g/mol. The van der Waals surface area contributed by atoms with Crippen molar-refractivity contribution in [1.29, 1.82) is 0 Å². The molecule has 0 atom stereocenters. The molecule has 0 bridgehead atoms. The average molecular weight is 253 g/mol. The highest BCUT2D eigenvalue weighted by Gasteiger charge is 2.15. The molecule has 18 heavy (non-hydrogen) atoms. The molecular weight excluding hydrogens is 244 g/mol. The second-order valence-electron chi connectivity index (χ2n) is 3.55. The Hall–Kier alpha value is -2.38. The minimum Gasteiger partial charge on any atom is -0.321 e. The van der Waals surface area contributed by atoms with Crippen LogP contribution >= 0.6 is 0 Å². The number of anilines is 1. The number of hydrogen-bond acceptors (Lipinski definition) is 4. The molecule has 1 aromatic heterocycles. The lowest BCUT2D eigenvalue weighted by atomic mass is 10.2. The zero-order valence-corrected chi connectivity index (χ0v) is 9.34. The molecule has 94 valence electrons. The number of alkyl halides is 2. The van der Waals surface area contributed by atoms with Gasteiger partial charge < -0.3 is 5.32 Å². The van der Waals surface area contributed by atoms with E-state index >= 15 is 0 Å². The molecule has 2 rings (SSSR count). The van der Waals surface area contributed by atoms with Crippen LogP contribution in [0.25, 0.3) is 5.69 Å². The molecule has 0 saturated heterocycles. The van der Waals surface area contributed by atoms with Crippen LogP contribution in [-0.4, -0.2) is 32.5 Å². The normalized spacial score (nSPS) is 10.7. The molecule has 0 radical (unpaired) electrons. The van der Waals surface area contributed by atoms with E-state index in [0.717, 1.165) is 5.56 Å². The number of nitrogens with one attached hydrogen (secondary N) is 1. The molecule has 1 N–H and O–H groups in total. The van der Waals surface area contributed by atoms with Gasteiger partial charge in [0.2, 0.25) is 0 Å². The van der Waals surface area contributed by atoms with Crippen molar-refractivity contribution in [3.05, 3.63) is 30.1 Å². The fourth-order valence-corrected chi connectivity index (χ4v) is 1.46. The van der Waals surface area contributed by atoms with E-state index in [1.807, 2.05) is 0 Å². The summed E-state index contributed by atoms with van der Waals surface area (Å²) >= 11 is 0. The van der Waals surface area contributed by atoms with Crippen molar-refractivity contribution in [2.45, 2.75) is 13.3 Å². The quantitative estimate of drug-likeness (QED) is 0.891. The Morgan fingerprint density at radius 2 is 2.22 bits per heavy atom. The van der Waals surface area contributed by atoms with E-state index in [-0.39, 0.29) is 0 Å². The zero-order chi connectivity index (χ0) is 13.1. The van der Waals surface area contributed by atoms with Gasteiger partial charge in [-0.1, -0.05) is 0 Å². The van der Waals surface area contributed by atoms with E-state index in [4.69, 9.17) is 0 Å². The number of hydrogen-bond donors (Lipinski definition) is 1. The maximum absolute atomic E-state index is 12.1. The lowest BCUT2D eigenvalue weighted by Crippen LogP contribution is -2.20.